The number of epoxide rings is 1. The van der Waals surface area contributed by atoms with Crippen molar-refractivity contribution in [1.29, 1.82) is 0 Å². The summed E-state index contributed by atoms with van der Waals surface area (Å²) in [5, 5.41) is 17.3. The van der Waals surface area contributed by atoms with Gasteiger partial charge in [0.25, 0.3) is 0 Å². The van der Waals surface area contributed by atoms with Gasteiger partial charge in [-0.15, -0.1) is 0 Å². The predicted octanol–water partition coefficient (Wildman–Crippen LogP) is 3.51. The summed E-state index contributed by atoms with van der Waals surface area (Å²) in [5.41, 5.74) is -0.969. The summed E-state index contributed by atoms with van der Waals surface area (Å²) in [6.45, 7) is 8.24. The van der Waals surface area contributed by atoms with Crippen LogP contribution in [0.5, 0.6) is 5.75 Å². The van der Waals surface area contributed by atoms with Gasteiger partial charge in [0.2, 0.25) is 11.8 Å². The highest BCUT2D eigenvalue weighted by molar-refractivity contribution is 6.32. The first kappa shape index (κ1) is 36.2. The third-order valence-corrected chi connectivity index (χ3v) is 9.54. The number of nitrogens with zero attached hydrogens (tertiary/aromatic N) is 1. The number of fused-ring (bicyclic) bond motifs is 4. The van der Waals surface area contributed by atoms with Crippen LogP contribution in [0.3, 0.4) is 0 Å². The molecule has 47 heavy (non-hydrogen) atoms. The van der Waals surface area contributed by atoms with Crippen LogP contribution in [-0.4, -0.2) is 96.9 Å². The third-order valence-electron chi connectivity index (χ3n) is 9.24. The molecule has 3 amide bonds. The molecule has 0 radical (unpaired) electrons. The van der Waals surface area contributed by atoms with Gasteiger partial charge >= 0.3 is 12.1 Å². The second-order valence-corrected chi connectivity index (χ2v) is 13.0. The second-order valence-electron chi connectivity index (χ2n) is 12.6. The molecule has 13 nitrogen and oxygen atoms in total. The summed E-state index contributed by atoms with van der Waals surface area (Å²) in [7, 11) is 4.39. The standard InChI is InChI=1S/C33H44ClN3O10/c1-17-10-9-11-26(44-8)33(42)16-25(45-31(41)36-33)18(2)29-32(5,47-29)27(46-30(40)19(3)37(6)20(4)38)15-28(39)35-23-14-22(34)24(43-7)13-21(23)12-17/h9-11,13-14,18-19,25-27,29,42H,12,15-16H2,1-8H3,(H,35,39)(H,36,41)/b11-9-,17-10-. The first-order chi connectivity index (χ1) is 22.0. The topological polar surface area (TPSA) is 165 Å². The van der Waals surface area contributed by atoms with E-state index in [2.05, 4.69) is 10.6 Å². The maximum Gasteiger partial charge on any atom is 0.409 e. The first-order valence-electron chi connectivity index (χ1n) is 15.4. The third kappa shape index (κ3) is 7.91. The highest BCUT2D eigenvalue weighted by atomic mass is 35.5. The zero-order chi connectivity index (χ0) is 34.8. The number of hydrogen-bond acceptors (Lipinski definition) is 10. The molecule has 2 saturated heterocycles. The fourth-order valence-corrected chi connectivity index (χ4v) is 6.32. The number of carbonyl (C=O) groups excluding carboxylic acids is 4. The summed E-state index contributed by atoms with van der Waals surface area (Å²) in [5.74, 6) is -1.63. The fourth-order valence-electron chi connectivity index (χ4n) is 6.07. The number of ether oxygens (including phenoxy) is 5. The van der Waals surface area contributed by atoms with E-state index in [1.807, 2.05) is 13.0 Å². The predicted molar refractivity (Wildman–Crippen MR) is 172 cm³/mol. The number of amides is 3. The number of anilines is 1. The molecule has 4 rings (SSSR count). The Morgan fingerprint density at radius 1 is 1.23 bits per heavy atom. The quantitative estimate of drug-likeness (QED) is 0.310. The minimum Gasteiger partial charge on any atom is -0.495 e. The van der Waals surface area contributed by atoms with Gasteiger partial charge < -0.3 is 39.0 Å². The number of hydrogen-bond donors (Lipinski definition) is 3. The van der Waals surface area contributed by atoms with Crippen LogP contribution in [0.4, 0.5) is 10.5 Å². The van der Waals surface area contributed by atoms with Crippen molar-refractivity contribution in [3.63, 3.8) is 0 Å². The molecule has 258 valence electrons. The second kappa shape index (κ2) is 14.2. The minimum absolute atomic E-state index is 0.0410. The van der Waals surface area contributed by atoms with Crippen molar-refractivity contribution in [3.8, 4) is 5.75 Å². The maximum atomic E-state index is 13.7. The Hall–Kier alpha value is -3.65. The summed E-state index contributed by atoms with van der Waals surface area (Å²) < 4.78 is 28.7. The van der Waals surface area contributed by atoms with Crippen molar-refractivity contribution in [1.82, 2.24) is 10.2 Å². The Labute approximate surface area is 279 Å². The molecule has 1 aromatic carbocycles. The average Bonchev–Trinajstić information content (AvgIpc) is 3.70. The van der Waals surface area contributed by atoms with Gasteiger partial charge in [-0.1, -0.05) is 42.3 Å². The van der Waals surface area contributed by atoms with Crippen LogP contribution >= 0.6 is 11.6 Å². The largest absolute Gasteiger partial charge is 0.495 e. The molecular formula is C33H44ClN3O10. The lowest BCUT2D eigenvalue weighted by Gasteiger charge is -2.42. The summed E-state index contributed by atoms with van der Waals surface area (Å²) in [4.78, 5) is 52.8. The molecule has 8 atom stereocenters. The lowest BCUT2D eigenvalue weighted by Crippen LogP contribution is -2.63. The van der Waals surface area contributed by atoms with Crippen LogP contribution in [0.15, 0.2) is 35.9 Å². The van der Waals surface area contributed by atoms with Crippen molar-refractivity contribution < 1.29 is 48.0 Å². The summed E-state index contributed by atoms with van der Waals surface area (Å²) in [6, 6.07) is 2.39. The highest BCUT2D eigenvalue weighted by Gasteiger charge is 2.64. The van der Waals surface area contributed by atoms with Crippen molar-refractivity contribution in [2.45, 2.75) is 95.7 Å². The summed E-state index contributed by atoms with van der Waals surface area (Å²) in [6.07, 6.45) is 0.902. The van der Waals surface area contributed by atoms with E-state index in [-0.39, 0.29) is 23.8 Å². The number of nitrogens with one attached hydrogen (secondary N) is 2. The number of esters is 1. The zero-order valence-corrected chi connectivity index (χ0v) is 28.7. The van der Waals surface area contributed by atoms with Crippen molar-refractivity contribution in [3.05, 3.63) is 46.5 Å². The van der Waals surface area contributed by atoms with Gasteiger partial charge in [-0.25, -0.2) is 9.59 Å². The van der Waals surface area contributed by atoms with Gasteiger partial charge in [-0.3, -0.25) is 14.9 Å². The molecule has 0 aromatic heterocycles. The van der Waals surface area contributed by atoms with E-state index in [0.29, 0.717) is 23.4 Å². The van der Waals surface area contributed by atoms with Gasteiger partial charge in [-0.2, -0.15) is 0 Å². The smallest absolute Gasteiger partial charge is 0.409 e. The molecule has 0 aliphatic carbocycles. The lowest BCUT2D eigenvalue weighted by molar-refractivity contribution is -0.161. The molecule has 0 spiro atoms. The molecule has 2 fully saturated rings. The average molecular weight is 678 g/mol. The molecule has 8 unspecified atom stereocenters. The number of benzene rings is 1. The van der Waals surface area contributed by atoms with Gasteiger partial charge in [0.15, 0.2) is 5.72 Å². The van der Waals surface area contributed by atoms with E-state index < -0.39 is 65.7 Å². The van der Waals surface area contributed by atoms with Gasteiger partial charge in [-0.05, 0) is 44.9 Å². The molecule has 3 aliphatic heterocycles. The Bertz CT molecular complexity index is 1470. The number of allylic oxidation sites excluding steroid dienone is 3. The number of halogens is 1. The van der Waals surface area contributed by atoms with E-state index in [9.17, 15) is 24.3 Å². The monoisotopic (exact) mass is 677 g/mol. The van der Waals surface area contributed by atoms with E-state index in [1.165, 1.54) is 40.0 Å². The fraction of sp³-hybridized carbons (Fsp3) is 0.576. The van der Waals surface area contributed by atoms with Gasteiger partial charge in [0, 0.05) is 39.1 Å². The Kier molecular flexibility index (Phi) is 11.0. The van der Waals surface area contributed by atoms with Crippen LogP contribution in [0.25, 0.3) is 0 Å². The molecule has 2 bridgehead atoms. The van der Waals surface area contributed by atoms with Crippen LogP contribution in [0, 0.1) is 5.92 Å². The van der Waals surface area contributed by atoms with Crippen LogP contribution < -0.4 is 15.4 Å². The molecule has 3 N–H and O–H groups in total. The Morgan fingerprint density at radius 2 is 1.94 bits per heavy atom. The number of rotatable bonds is 5. The zero-order valence-electron chi connectivity index (χ0n) is 27.9. The molecule has 3 heterocycles. The van der Waals surface area contributed by atoms with Crippen LogP contribution in [-0.2, 0) is 39.8 Å². The molecule has 1 aromatic rings. The van der Waals surface area contributed by atoms with Crippen LogP contribution in [0.1, 0.15) is 53.0 Å². The van der Waals surface area contributed by atoms with E-state index in [4.69, 9.17) is 35.3 Å². The Balaban J connectivity index is 1.77. The molecule has 0 saturated carbocycles. The number of alkyl carbamates (subject to hydrolysis) is 1. The number of carbonyl (C=O) groups is 4. The van der Waals surface area contributed by atoms with Crippen molar-refractivity contribution in [2.24, 2.45) is 5.92 Å². The minimum atomic E-state index is -1.81. The molecule has 14 heteroatoms. The van der Waals surface area contributed by atoms with E-state index in [0.717, 1.165) is 5.57 Å². The Morgan fingerprint density at radius 3 is 2.57 bits per heavy atom. The van der Waals surface area contributed by atoms with Crippen molar-refractivity contribution in [2.75, 3.05) is 26.6 Å². The maximum absolute atomic E-state index is 13.7. The molecule has 3 aliphatic rings. The van der Waals surface area contributed by atoms with E-state index in [1.54, 1.807) is 38.1 Å². The van der Waals surface area contributed by atoms with Gasteiger partial charge in [0.05, 0.1) is 24.7 Å². The SMILES string of the molecule is COc1cc2c(cc1Cl)NC(=O)CC(OC(=O)C(C)N(C)C(C)=O)C1(C)OC1C(C)C1CC(O)(NC(=O)O1)C(OC)/C=C\C=C(\C)C2. The summed E-state index contributed by atoms with van der Waals surface area (Å²) >= 11 is 6.45. The number of methoxy groups -OCH3 is 2. The normalized spacial score (nSPS) is 33.4. The lowest BCUT2D eigenvalue weighted by atomic mass is 9.83. The number of likely N-dealkylation sites (N-methyl/N-ethyl adjacent to an activating group) is 1. The van der Waals surface area contributed by atoms with Crippen molar-refractivity contribution >= 4 is 41.2 Å². The number of aliphatic hydroxyl groups is 1. The van der Waals surface area contributed by atoms with Gasteiger partial charge in [0.1, 0.15) is 35.7 Å². The van der Waals surface area contributed by atoms with Crippen LogP contribution in [0.2, 0.25) is 5.02 Å². The highest BCUT2D eigenvalue weighted by Crippen LogP contribution is 2.49. The van der Waals surface area contributed by atoms with E-state index >= 15 is 0 Å². The molecular weight excluding hydrogens is 634 g/mol. The first-order valence-corrected chi connectivity index (χ1v) is 15.8.